The van der Waals surface area contributed by atoms with Crippen LogP contribution >= 0.6 is 24.0 Å². The summed E-state index contributed by atoms with van der Waals surface area (Å²) in [4.78, 5) is 38.5. The molecule has 1 aliphatic rings. The molecule has 1 aliphatic heterocycles. The standard InChI is InChI=1S/C29H33N3O5S2/c1-4-36-27(34)23-19(3)31-22(25(28(35)37-5-2)24(23)20-12-8-6-9-13-20)18-39-17-16-30-29(38)32-26(33)21-14-10-7-11-15-21/h6-15,24,31H,4-5,16-18H2,1-3H3,(H2,30,32,33,38). The van der Waals surface area contributed by atoms with E-state index in [4.69, 9.17) is 21.7 Å². The number of benzene rings is 2. The molecule has 2 aromatic rings. The van der Waals surface area contributed by atoms with Crippen LogP contribution in [0.2, 0.25) is 0 Å². The first-order valence-electron chi connectivity index (χ1n) is 12.7. The minimum absolute atomic E-state index is 0.206. The van der Waals surface area contributed by atoms with Crippen LogP contribution in [0.15, 0.2) is 83.2 Å². The first kappa shape index (κ1) is 29.9. The van der Waals surface area contributed by atoms with Gasteiger partial charge < -0.3 is 20.1 Å². The van der Waals surface area contributed by atoms with Gasteiger partial charge in [-0.1, -0.05) is 48.5 Å². The number of thiocarbonyl (C=S) groups is 1. The predicted octanol–water partition coefficient (Wildman–Crippen LogP) is 4.07. The highest BCUT2D eigenvalue weighted by molar-refractivity contribution is 7.99. The molecule has 8 nitrogen and oxygen atoms in total. The van der Waals surface area contributed by atoms with Crippen molar-refractivity contribution in [2.24, 2.45) is 0 Å². The molecule has 0 radical (unpaired) electrons. The highest BCUT2D eigenvalue weighted by Gasteiger charge is 2.38. The van der Waals surface area contributed by atoms with E-state index in [0.717, 1.165) is 5.56 Å². The molecule has 0 saturated carbocycles. The lowest BCUT2D eigenvalue weighted by molar-refractivity contribution is -0.139. The summed E-state index contributed by atoms with van der Waals surface area (Å²) in [5, 5.41) is 9.22. The second-order valence-corrected chi connectivity index (χ2v) is 9.98. The molecule has 1 atom stereocenters. The lowest BCUT2D eigenvalue weighted by atomic mass is 9.80. The van der Waals surface area contributed by atoms with Gasteiger partial charge >= 0.3 is 11.9 Å². The number of ether oxygens (including phenoxy) is 2. The summed E-state index contributed by atoms with van der Waals surface area (Å²) in [7, 11) is 0. The van der Waals surface area contributed by atoms with Crippen LogP contribution in [0.4, 0.5) is 0 Å². The van der Waals surface area contributed by atoms with E-state index in [0.29, 0.717) is 46.2 Å². The molecule has 1 amide bonds. The van der Waals surface area contributed by atoms with E-state index in [9.17, 15) is 14.4 Å². The lowest BCUT2D eigenvalue weighted by Gasteiger charge is -2.31. The normalized spacial score (nSPS) is 14.8. The Balaban J connectivity index is 1.72. The molecule has 0 aromatic heterocycles. The van der Waals surface area contributed by atoms with Crippen LogP contribution in [0, 0.1) is 0 Å². The number of dihydropyridines is 1. The Morgan fingerprint density at radius 3 is 2.13 bits per heavy atom. The molecule has 1 unspecified atom stereocenters. The highest BCUT2D eigenvalue weighted by atomic mass is 32.2. The van der Waals surface area contributed by atoms with Gasteiger partial charge in [-0.25, -0.2) is 9.59 Å². The number of amides is 1. The predicted molar refractivity (Wildman–Crippen MR) is 157 cm³/mol. The van der Waals surface area contributed by atoms with Gasteiger partial charge in [-0.05, 0) is 50.7 Å². The first-order valence-corrected chi connectivity index (χ1v) is 14.3. The van der Waals surface area contributed by atoms with Gasteiger partial charge in [0.1, 0.15) is 0 Å². The molecule has 0 spiro atoms. The molecule has 3 rings (SSSR count). The Kier molecular flexibility index (Phi) is 11.6. The van der Waals surface area contributed by atoms with Crippen molar-refractivity contribution in [3.8, 4) is 0 Å². The Morgan fingerprint density at radius 1 is 0.923 bits per heavy atom. The molecule has 0 saturated heterocycles. The van der Waals surface area contributed by atoms with Crippen molar-refractivity contribution in [1.29, 1.82) is 0 Å². The number of allylic oxidation sites excluding steroid dienone is 1. The Labute approximate surface area is 238 Å². The van der Waals surface area contributed by atoms with Crippen molar-refractivity contribution in [2.45, 2.75) is 26.7 Å². The van der Waals surface area contributed by atoms with Gasteiger partial charge in [0.15, 0.2) is 5.11 Å². The summed E-state index contributed by atoms with van der Waals surface area (Å²) >= 11 is 6.82. The third-order valence-corrected chi connectivity index (χ3v) is 7.04. The Morgan fingerprint density at radius 2 is 1.51 bits per heavy atom. The summed E-state index contributed by atoms with van der Waals surface area (Å²) in [6.45, 7) is 6.24. The fraction of sp³-hybridized carbons (Fsp3) is 0.310. The van der Waals surface area contributed by atoms with E-state index in [1.165, 1.54) is 0 Å². The smallest absolute Gasteiger partial charge is 0.336 e. The van der Waals surface area contributed by atoms with Gasteiger partial charge in [-0.3, -0.25) is 10.1 Å². The molecular weight excluding hydrogens is 534 g/mol. The maximum Gasteiger partial charge on any atom is 0.336 e. The van der Waals surface area contributed by atoms with Crippen molar-refractivity contribution in [1.82, 2.24) is 16.0 Å². The zero-order valence-corrected chi connectivity index (χ0v) is 23.9. The van der Waals surface area contributed by atoms with Gasteiger partial charge in [0, 0.05) is 35.0 Å². The van der Waals surface area contributed by atoms with Gasteiger partial charge in [-0.15, -0.1) is 0 Å². The quantitative estimate of drug-likeness (QED) is 0.211. The fourth-order valence-electron chi connectivity index (χ4n) is 4.14. The third kappa shape index (κ3) is 8.18. The molecule has 10 heteroatoms. The third-order valence-electron chi connectivity index (χ3n) is 5.81. The molecule has 3 N–H and O–H groups in total. The Hall–Kier alpha value is -3.63. The molecule has 1 heterocycles. The number of hydrogen-bond donors (Lipinski definition) is 3. The van der Waals surface area contributed by atoms with Crippen molar-refractivity contribution >= 4 is 46.9 Å². The number of carbonyl (C=O) groups excluding carboxylic acids is 3. The van der Waals surface area contributed by atoms with Crippen LogP contribution in [0.5, 0.6) is 0 Å². The van der Waals surface area contributed by atoms with E-state index in [1.54, 1.807) is 49.9 Å². The zero-order valence-electron chi connectivity index (χ0n) is 22.2. The fourth-order valence-corrected chi connectivity index (χ4v) is 5.16. The van der Waals surface area contributed by atoms with Gasteiger partial charge in [0.25, 0.3) is 5.91 Å². The number of thioether (sulfide) groups is 1. The SMILES string of the molecule is CCOC(=O)C1=C(C)NC(CSCCNC(=S)NC(=O)c2ccccc2)=C(C(=O)OCC)C1c1ccccc1. The summed E-state index contributed by atoms with van der Waals surface area (Å²) in [5.41, 5.74) is 3.42. The molecule has 0 bridgehead atoms. The molecule has 0 aliphatic carbocycles. The van der Waals surface area contributed by atoms with E-state index in [2.05, 4.69) is 16.0 Å². The molecule has 2 aromatic carbocycles. The second kappa shape index (κ2) is 15.1. The van der Waals surface area contributed by atoms with Crippen LogP contribution in [-0.2, 0) is 19.1 Å². The summed E-state index contributed by atoms with van der Waals surface area (Å²) in [6, 6.07) is 18.3. The van der Waals surface area contributed by atoms with Gasteiger partial charge in [-0.2, -0.15) is 11.8 Å². The number of esters is 2. The van der Waals surface area contributed by atoms with Crippen LogP contribution in [0.1, 0.15) is 42.6 Å². The topological polar surface area (TPSA) is 106 Å². The van der Waals surface area contributed by atoms with Crippen LogP contribution < -0.4 is 16.0 Å². The number of nitrogens with one attached hydrogen (secondary N) is 3. The maximum absolute atomic E-state index is 13.2. The van der Waals surface area contributed by atoms with Crippen molar-refractivity contribution in [2.75, 3.05) is 31.3 Å². The molecule has 39 heavy (non-hydrogen) atoms. The summed E-state index contributed by atoms with van der Waals surface area (Å²) in [5.74, 6) is -0.739. The van der Waals surface area contributed by atoms with E-state index in [1.807, 2.05) is 43.3 Å². The number of rotatable bonds is 11. The van der Waals surface area contributed by atoms with E-state index in [-0.39, 0.29) is 24.2 Å². The zero-order chi connectivity index (χ0) is 28.2. The van der Waals surface area contributed by atoms with Gasteiger partial charge in [0.05, 0.1) is 30.3 Å². The average molecular weight is 568 g/mol. The van der Waals surface area contributed by atoms with Crippen molar-refractivity contribution in [3.63, 3.8) is 0 Å². The minimum Gasteiger partial charge on any atom is -0.463 e. The minimum atomic E-state index is -0.625. The monoisotopic (exact) mass is 567 g/mol. The van der Waals surface area contributed by atoms with E-state index < -0.39 is 17.9 Å². The van der Waals surface area contributed by atoms with Gasteiger partial charge in [0.2, 0.25) is 0 Å². The summed E-state index contributed by atoms with van der Waals surface area (Å²) in [6.07, 6.45) is 0. The number of carbonyl (C=O) groups is 3. The van der Waals surface area contributed by atoms with Crippen LogP contribution in [-0.4, -0.2) is 54.2 Å². The molecular formula is C29H33N3O5S2. The highest BCUT2D eigenvalue weighted by Crippen LogP contribution is 2.39. The maximum atomic E-state index is 13.2. The van der Waals surface area contributed by atoms with Crippen LogP contribution in [0.3, 0.4) is 0 Å². The lowest BCUT2D eigenvalue weighted by Crippen LogP contribution is -2.40. The summed E-state index contributed by atoms with van der Waals surface area (Å²) < 4.78 is 10.8. The first-order chi connectivity index (χ1) is 18.9. The van der Waals surface area contributed by atoms with E-state index >= 15 is 0 Å². The molecule has 206 valence electrons. The largest absolute Gasteiger partial charge is 0.463 e. The van der Waals surface area contributed by atoms with Crippen molar-refractivity contribution in [3.05, 3.63) is 94.3 Å². The number of hydrogen-bond acceptors (Lipinski definition) is 8. The van der Waals surface area contributed by atoms with Crippen molar-refractivity contribution < 1.29 is 23.9 Å². The molecule has 0 fully saturated rings. The van der Waals surface area contributed by atoms with Crippen LogP contribution in [0.25, 0.3) is 0 Å². The second-order valence-electron chi connectivity index (χ2n) is 8.47. The average Bonchev–Trinajstić information content (AvgIpc) is 2.93. The Bertz CT molecular complexity index is 1250.